The van der Waals surface area contributed by atoms with Crippen LogP contribution in [0.2, 0.25) is 0 Å². The Balaban J connectivity index is 1.69. The quantitative estimate of drug-likeness (QED) is 0.768. The lowest BCUT2D eigenvalue weighted by atomic mass is 10.3. The molecule has 0 aromatic heterocycles. The molecule has 4 nitrogen and oxygen atoms in total. The second-order valence-corrected chi connectivity index (χ2v) is 4.81. The summed E-state index contributed by atoms with van der Waals surface area (Å²) in [5.41, 5.74) is 0. The molecule has 4 heteroatoms. The smallest absolute Gasteiger partial charge is 0.407 e. The summed E-state index contributed by atoms with van der Waals surface area (Å²) in [6.45, 7) is 5.85. The van der Waals surface area contributed by atoms with Crippen molar-refractivity contribution in [2.45, 2.75) is 51.3 Å². The third-order valence-electron chi connectivity index (χ3n) is 2.95. The fourth-order valence-corrected chi connectivity index (χ4v) is 2.09. The summed E-state index contributed by atoms with van der Waals surface area (Å²) in [5.74, 6) is 0. The second kappa shape index (κ2) is 4.39. The first-order chi connectivity index (χ1) is 7.15. The lowest BCUT2D eigenvalue weighted by Crippen LogP contribution is -2.38. The molecule has 1 aliphatic heterocycles. The number of carbonyl (C=O) groups excluding carboxylic acids is 1. The summed E-state index contributed by atoms with van der Waals surface area (Å²) >= 11 is 0. The Morgan fingerprint density at radius 2 is 2.13 bits per heavy atom. The monoisotopic (exact) mass is 212 g/mol. The lowest BCUT2D eigenvalue weighted by molar-refractivity contribution is 0.112. The van der Waals surface area contributed by atoms with Crippen molar-refractivity contribution in [3.05, 3.63) is 0 Å². The first-order valence-electron chi connectivity index (χ1n) is 5.86. The van der Waals surface area contributed by atoms with E-state index in [9.17, 15) is 4.79 Å². The molecule has 0 radical (unpaired) electrons. The molecule has 1 N–H and O–H groups in total. The number of hydrogen-bond donors (Lipinski definition) is 1. The van der Waals surface area contributed by atoms with E-state index in [4.69, 9.17) is 4.74 Å². The molecule has 1 unspecified atom stereocenters. The molecule has 1 saturated heterocycles. The predicted octanol–water partition coefficient (Wildman–Crippen LogP) is 1.36. The molecule has 1 amide bonds. The summed E-state index contributed by atoms with van der Waals surface area (Å²) in [7, 11) is 0. The number of ether oxygens (including phenoxy) is 1. The van der Waals surface area contributed by atoms with E-state index in [1.165, 1.54) is 12.8 Å². The second-order valence-electron chi connectivity index (χ2n) is 4.81. The Hall–Kier alpha value is -0.770. The van der Waals surface area contributed by atoms with Gasteiger partial charge in [-0.1, -0.05) is 0 Å². The van der Waals surface area contributed by atoms with E-state index in [1.807, 2.05) is 13.8 Å². The van der Waals surface area contributed by atoms with Crippen LogP contribution in [0.5, 0.6) is 0 Å². The van der Waals surface area contributed by atoms with E-state index in [2.05, 4.69) is 10.2 Å². The number of nitrogens with one attached hydrogen (secondary N) is 1. The Morgan fingerprint density at radius 3 is 2.73 bits per heavy atom. The number of carbonyl (C=O) groups is 1. The Labute approximate surface area is 91.0 Å². The van der Waals surface area contributed by atoms with E-state index in [0.717, 1.165) is 25.6 Å². The molecule has 15 heavy (non-hydrogen) atoms. The molecular weight excluding hydrogens is 192 g/mol. The predicted molar refractivity (Wildman–Crippen MR) is 57.8 cm³/mol. The summed E-state index contributed by atoms with van der Waals surface area (Å²) in [6, 6.07) is 1.09. The summed E-state index contributed by atoms with van der Waals surface area (Å²) < 4.78 is 5.05. The van der Waals surface area contributed by atoms with Gasteiger partial charge in [-0.05, 0) is 33.1 Å². The highest BCUT2D eigenvalue weighted by Gasteiger charge is 2.34. The molecule has 1 heterocycles. The third kappa shape index (κ3) is 3.09. The normalized spacial score (nSPS) is 27.0. The standard InChI is InChI=1S/C11H20N2O2/c1-8(2)15-11(14)12-9-5-6-13(7-9)10-3-4-10/h8-10H,3-7H2,1-2H3,(H,12,14). The summed E-state index contributed by atoms with van der Waals surface area (Å²) in [6.07, 6.45) is 3.43. The zero-order chi connectivity index (χ0) is 10.8. The van der Waals surface area contributed by atoms with Gasteiger partial charge in [-0.25, -0.2) is 4.79 Å². The number of likely N-dealkylation sites (tertiary alicyclic amines) is 1. The molecule has 2 aliphatic rings. The van der Waals surface area contributed by atoms with E-state index >= 15 is 0 Å². The molecule has 2 rings (SSSR count). The number of alkyl carbamates (subject to hydrolysis) is 1. The maximum Gasteiger partial charge on any atom is 0.407 e. The van der Waals surface area contributed by atoms with Crippen LogP contribution in [0.25, 0.3) is 0 Å². The van der Waals surface area contributed by atoms with Crippen molar-refractivity contribution in [3.63, 3.8) is 0 Å². The summed E-state index contributed by atoms with van der Waals surface area (Å²) in [5, 5.41) is 2.92. The topological polar surface area (TPSA) is 41.6 Å². The largest absolute Gasteiger partial charge is 0.447 e. The molecule has 0 spiro atoms. The van der Waals surface area contributed by atoms with Gasteiger partial charge in [0.05, 0.1) is 6.10 Å². The van der Waals surface area contributed by atoms with Gasteiger partial charge in [-0.3, -0.25) is 4.90 Å². The lowest BCUT2D eigenvalue weighted by Gasteiger charge is -2.16. The van der Waals surface area contributed by atoms with Crippen LogP contribution in [0, 0.1) is 0 Å². The van der Waals surface area contributed by atoms with Crippen molar-refractivity contribution in [1.29, 1.82) is 0 Å². The van der Waals surface area contributed by atoms with Gasteiger partial charge in [-0.2, -0.15) is 0 Å². The number of hydrogen-bond acceptors (Lipinski definition) is 3. The van der Waals surface area contributed by atoms with Crippen LogP contribution in [0.4, 0.5) is 4.79 Å². The molecule has 1 atom stereocenters. The first-order valence-corrected chi connectivity index (χ1v) is 5.86. The molecule has 1 saturated carbocycles. The highest BCUT2D eigenvalue weighted by Crippen LogP contribution is 2.29. The first kappa shape index (κ1) is 10.7. The van der Waals surface area contributed by atoms with Gasteiger partial charge < -0.3 is 10.1 Å². The fourth-order valence-electron chi connectivity index (χ4n) is 2.09. The Kier molecular flexibility index (Phi) is 3.14. The highest BCUT2D eigenvalue weighted by molar-refractivity contribution is 5.67. The molecule has 0 aromatic carbocycles. The zero-order valence-corrected chi connectivity index (χ0v) is 9.53. The molecule has 1 aliphatic carbocycles. The van der Waals surface area contributed by atoms with Gasteiger partial charge in [0.25, 0.3) is 0 Å². The molecule has 2 fully saturated rings. The number of nitrogens with zero attached hydrogens (tertiary/aromatic N) is 1. The van der Waals surface area contributed by atoms with Crippen LogP contribution in [-0.2, 0) is 4.74 Å². The van der Waals surface area contributed by atoms with Gasteiger partial charge in [0.15, 0.2) is 0 Å². The van der Waals surface area contributed by atoms with Crippen LogP contribution >= 0.6 is 0 Å². The third-order valence-corrected chi connectivity index (χ3v) is 2.95. The molecular formula is C11H20N2O2. The minimum Gasteiger partial charge on any atom is -0.447 e. The Morgan fingerprint density at radius 1 is 1.40 bits per heavy atom. The molecule has 86 valence electrons. The van der Waals surface area contributed by atoms with Crippen molar-refractivity contribution < 1.29 is 9.53 Å². The van der Waals surface area contributed by atoms with Crippen LogP contribution in [0.1, 0.15) is 33.1 Å². The maximum absolute atomic E-state index is 11.3. The van der Waals surface area contributed by atoms with Crippen LogP contribution in [-0.4, -0.2) is 42.3 Å². The maximum atomic E-state index is 11.3. The van der Waals surface area contributed by atoms with E-state index in [-0.39, 0.29) is 18.2 Å². The van der Waals surface area contributed by atoms with Gasteiger partial charge >= 0.3 is 6.09 Å². The van der Waals surface area contributed by atoms with Crippen molar-refractivity contribution in [2.75, 3.05) is 13.1 Å². The van der Waals surface area contributed by atoms with Crippen molar-refractivity contribution in [1.82, 2.24) is 10.2 Å². The summed E-state index contributed by atoms with van der Waals surface area (Å²) in [4.78, 5) is 13.8. The van der Waals surface area contributed by atoms with Gasteiger partial charge in [0, 0.05) is 25.2 Å². The zero-order valence-electron chi connectivity index (χ0n) is 9.53. The average Bonchev–Trinajstić information content (AvgIpc) is 2.87. The average molecular weight is 212 g/mol. The van der Waals surface area contributed by atoms with Gasteiger partial charge in [0.1, 0.15) is 0 Å². The van der Waals surface area contributed by atoms with Crippen LogP contribution in [0.3, 0.4) is 0 Å². The van der Waals surface area contributed by atoms with Crippen molar-refractivity contribution >= 4 is 6.09 Å². The highest BCUT2D eigenvalue weighted by atomic mass is 16.6. The SMILES string of the molecule is CC(C)OC(=O)NC1CCN(C2CC2)C1. The van der Waals surface area contributed by atoms with E-state index in [1.54, 1.807) is 0 Å². The minimum atomic E-state index is -0.271. The van der Waals surface area contributed by atoms with Gasteiger partial charge in [0.2, 0.25) is 0 Å². The fraction of sp³-hybridized carbons (Fsp3) is 0.909. The number of rotatable bonds is 3. The number of amides is 1. The van der Waals surface area contributed by atoms with Crippen LogP contribution in [0.15, 0.2) is 0 Å². The van der Waals surface area contributed by atoms with Crippen LogP contribution < -0.4 is 5.32 Å². The molecule has 0 aromatic rings. The molecule has 0 bridgehead atoms. The van der Waals surface area contributed by atoms with E-state index < -0.39 is 0 Å². The Bertz CT molecular complexity index is 239. The van der Waals surface area contributed by atoms with E-state index in [0.29, 0.717) is 0 Å². The van der Waals surface area contributed by atoms with Gasteiger partial charge in [-0.15, -0.1) is 0 Å². The minimum absolute atomic E-state index is 0.0362. The van der Waals surface area contributed by atoms with Crippen molar-refractivity contribution in [3.8, 4) is 0 Å². The van der Waals surface area contributed by atoms with Crippen molar-refractivity contribution in [2.24, 2.45) is 0 Å².